The number of alkyl carbamates (subject to hydrolysis) is 1. The molecule has 7 rings (SSSR count). The predicted octanol–water partition coefficient (Wildman–Crippen LogP) is 5.35. The van der Waals surface area contributed by atoms with Crippen molar-refractivity contribution in [1.82, 2.24) is 15.1 Å². The number of hydrogen-bond donors (Lipinski definition) is 2. The molecule has 3 heterocycles. The van der Waals surface area contributed by atoms with E-state index in [1.807, 2.05) is 66.7 Å². The number of imide groups is 1. The molecule has 0 spiro atoms. The fourth-order valence-electron chi connectivity index (χ4n) is 7.29. The van der Waals surface area contributed by atoms with Crippen molar-refractivity contribution in [3.05, 3.63) is 137 Å². The van der Waals surface area contributed by atoms with Crippen LogP contribution in [0.15, 0.2) is 109 Å². The Morgan fingerprint density at radius 3 is 2.17 bits per heavy atom. The van der Waals surface area contributed by atoms with Crippen molar-refractivity contribution in [1.29, 1.82) is 0 Å². The third-order valence-corrected chi connectivity index (χ3v) is 10.3. The predicted molar refractivity (Wildman–Crippen MR) is 198 cm³/mol. The van der Waals surface area contributed by atoms with Crippen molar-refractivity contribution in [3.63, 3.8) is 0 Å². The molecular formula is C42H46N4O7. The summed E-state index contributed by atoms with van der Waals surface area (Å²) in [4.78, 5) is 45.3. The molecule has 0 aliphatic carbocycles. The van der Waals surface area contributed by atoms with E-state index >= 15 is 0 Å². The summed E-state index contributed by atoms with van der Waals surface area (Å²) < 4.78 is 18.7. The van der Waals surface area contributed by atoms with E-state index in [0.717, 1.165) is 60.9 Å². The highest BCUT2D eigenvalue weighted by molar-refractivity contribution is 6.22. The molecule has 3 saturated heterocycles. The number of ether oxygens (including phenoxy) is 3. The molecule has 3 fully saturated rings. The van der Waals surface area contributed by atoms with Crippen LogP contribution >= 0.6 is 0 Å². The summed E-state index contributed by atoms with van der Waals surface area (Å²) in [6, 6.07) is 33.6. The fraction of sp³-hybridized carbons (Fsp3) is 0.357. The first-order valence-corrected chi connectivity index (χ1v) is 18.3. The van der Waals surface area contributed by atoms with Gasteiger partial charge in [-0.2, -0.15) is 0 Å². The Morgan fingerprint density at radius 1 is 0.792 bits per heavy atom. The van der Waals surface area contributed by atoms with E-state index in [2.05, 4.69) is 46.3 Å². The van der Waals surface area contributed by atoms with Crippen molar-refractivity contribution in [2.45, 2.75) is 57.6 Å². The van der Waals surface area contributed by atoms with Crippen molar-refractivity contribution in [3.8, 4) is 0 Å². The van der Waals surface area contributed by atoms with Crippen LogP contribution < -0.4 is 10.2 Å². The number of anilines is 1. The number of amides is 3. The summed E-state index contributed by atoms with van der Waals surface area (Å²) in [5, 5.41) is 12.2. The summed E-state index contributed by atoms with van der Waals surface area (Å²) in [5.41, 5.74) is 4.97. The number of benzene rings is 4. The first-order valence-electron chi connectivity index (χ1n) is 18.3. The number of carbonyl (C=O) groups excluding carboxylic acids is 3. The topological polar surface area (TPSA) is 121 Å². The zero-order valence-corrected chi connectivity index (χ0v) is 29.9. The van der Waals surface area contributed by atoms with Crippen LogP contribution in [0.3, 0.4) is 0 Å². The lowest BCUT2D eigenvalue weighted by Gasteiger charge is -2.44. The van der Waals surface area contributed by atoms with Crippen LogP contribution in [-0.4, -0.2) is 77.7 Å². The number of hydrogen-bond acceptors (Lipinski definition) is 9. The molecule has 0 aromatic heterocycles. The Bertz CT molecular complexity index is 1850. The largest absolute Gasteiger partial charge is 0.445 e. The molecule has 4 aromatic carbocycles. The van der Waals surface area contributed by atoms with Crippen molar-refractivity contribution in [2.24, 2.45) is 5.92 Å². The van der Waals surface area contributed by atoms with E-state index in [4.69, 9.17) is 14.2 Å². The van der Waals surface area contributed by atoms with Crippen molar-refractivity contribution in [2.75, 3.05) is 37.6 Å². The minimum atomic E-state index is -1.04. The summed E-state index contributed by atoms with van der Waals surface area (Å²) in [5.74, 6) is -0.952. The zero-order chi connectivity index (χ0) is 36.7. The Morgan fingerprint density at radius 2 is 1.47 bits per heavy atom. The van der Waals surface area contributed by atoms with Gasteiger partial charge < -0.3 is 24.6 Å². The van der Waals surface area contributed by atoms with Gasteiger partial charge in [0.15, 0.2) is 6.29 Å². The molecule has 4 aromatic rings. The van der Waals surface area contributed by atoms with Gasteiger partial charge in [0.05, 0.1) is 30.9 Å². The maximum absolute atomic E-state index is 13.5. The zero-order valence-electron chi connectivity index (χ0n) is 29.9. The van der Waals surface area contributed by atoms with Crippen LogP contribution in [0.1, 0.15) is 53.6 Å². The van der Waals surface area contributed by atoms with Gasteiger partial charge in [0.2, 0.25) is 5.91 Å². The Hall–Kier alpha value is -4.91. The minimum absolute atomic E-state index is 0.00646. The molecule has 53 heavy (non-hydrogen) atoms. The molecule has 0 bridgehead atoms. The Balaban J connectivity index is 1.04. The molecule has 3 aliphatic rings. The molecule has 0 radical (unpaired) electrons. The second-order valence-corrected chi connectivity index (χ2v) is 14.0. The van der Waals surface area contributed by atoms with E-state index in [0.29, 0.717) is 11.3 Å². The van der Waals surface area contributed by atoms with Crippen LogP contribution in [-0.2, 0) is 43.6 Å². The maximum Gasteiger partial charge on any atom is 0.408 e. The maximum atomic E-state index is 13.5. The molecule has 11 heteroatoms. The van der Waals surface area contributed by atoms with E-state index in [1.54, 1.807) is 18.2 Å². The van der Waals surface area contributed by atoms with Gasteiger partial charge in [-0.1, -0.05) is 104 Å². The molecule has 0 saturated carbocycles. The number of piperazine rings is 1. The molecular weight excluding hydrogens is 672 g/mol. The summed E-state index contributed by atoms with van der Waals surface area (Å²) >= 11 is 0. The minimum Gasteiger partial charge on any atom is -0.445 e. The van der Waals surface area contributed by atoms with Gasteiger partial charge in [0.25, 0.3) is 5.91 Å². The van der Waals surface area contributed by atoms with Crippen LogP contribution in [0.5, 0.6) is 0 Å². The number of aliphatic hydroxyl groups excluding tert-OH is 1. The molecule has 1 unspecified atom stereocenters. The summed E-state index contributed by atoms with van der Waals surface area (Å²) in [6.07, 6.45) is -2.20. The average molecular weight is 719 g/mol. The van der Waals surface area contributed by atoms with Gasteiger partial charge in [0.1, 0.15) is 12.6 Å². The third kappa shape index (κ3) is 8.84. The SMILES string of the molecule is C[C@@H]1[C@H](CN2CCN(Cc3ccccc3)CC2)O[C@H](c2cccc(N3C(=O)CC(NC(=O)OCc4ccccc4)C3=O)c2)O[C@@H]1c1ccc(CO)cc1. The van der Waals surface area contributed by atoms with Gasteiger partial charge in [-0.05, 0) is 34.4 Å². The lowest BCUT2D eigenvalue weighted by Crippen LogP contribution is -2.51. The highest BCUT2D eigenvalue weighted by Gasteiger charge is 2.42. The Kier molecular flexibility index (Phi) is 11.6. The van der Waals surface area contributed by atoms with E-state index in [-0.39, 0.29) is 37.8 Å². The molecule has 2 N–H and O–H groups in total. The lowest BCUT2D eigenvalue weighted by atomic mass is 9.90. The first kappa shape index (κ1) is 36.4. The molecule has 3 aliphatic heterocycles. The van der Waals surface area contributed by atoms with Crippen molar-refractivity contribution < 1.29 is 33.7 Å². The van der Waals surface area contributed by atoms with E-state index in [1.165, 1.54) is 5.56 Å². The fourth-order valence-corrected chi connectivity index (χ4v) is 7.29. The smallest absolute Gasteiger partial charge is 0.408 e. The summed E-state index contributed by atoms with van der Waals surface area (Å²) in [6.45, 7) is 7.57. The van der Waals surface area contributed by atoms with Gasteiger partial charge in [-0.3, -0.25) is 19.4 Å². The Labute approximate surface area is 310 Å². The third-order valence-electron chi connectivity index (χ3n) is 10.3. The van der Waals surface area contributed by atoms with Crippen LogP contribution in [0.2, 0.25) is 0 Å². The van der Waals surface area contributed by atoms with Crippen LogP contribution in [0.25, 0.3) is 0 Å². The van der Waals surface area contributed by atoms with Gasteiger partial charge in [0, 0.05) is 50.7 Å². The summed E-state index contributed by atoms with van der Waals surface area (Å²) in [7, 11) is 0. The lowest BCUT2D eigenvalue weighted by molar-refractivity contribution is -0.276. The number of aliphatic hydroxyl groups is 1. The number of nitrogens with one attached hydrogen (secondary N) is 1. The monoisotopic (exact) mass is 718 g/mol. The van der Waals surface area contributed by atoms with Gasteiger partial charge >= 0.3 is 6.09 Å². The van der Waals surface area contributed by atoms with Gasteiger partial charge in [-0.15, -0.1) is 0 Å². The second kappa shape index (κ2) is 16.8. The molecule has 3 amide bonds. The second-order valence-electron chi connectivity index (χ2n) is 14.0. The standard InChI is InChI=1S/C42H46N4O7/c1-29-37(26-45-21-19-44(20-22-45)25-30-9-4-2-5-10-30)52-41(53-39(29)33-17-15-31(27-47)16-18-33)34-13-8-14-35(23-34)46-38(48)24-36(40(46)49)43-42(50)51-28-32-11-6-3-7-12-32/h2-18,23,29,36-37,39,41,47H,19-22,24-28H2,1H3,(H,43,50)/t29-,36?,37+,39+,41+/m1/s1. The van der Waals surface area contributed by atoms with Crippen LogP contribution in [0, 0.1) is 5.92 Å². The first-order chi connectivity index (χ1) is 25.8. The average Bonchev–Trinajstić information content (AvgIpc) is 3.47. The number of rotatable bonds is 11. The van der Waals surface area contributed by atoms with E-state index in [9.17, 15) is 19.5 Å². The van der Waals surface area contributed by atoms with Crippen molar-refractivity contribution >= 4 is 23.6 Å². The molecule has 11 nitrogen and oxygen atoms in total. The number of carbonyl (C=O) groups is 3. The highest BCUT2D eigenvalue weighted by Crippen LogP contribution is 2.42. The van der Waals surface area contributed by atoms with E-state index < -0.39 is 30.2 Å². The van der Waals surface area contributed by atoms with Crippen LogP contribution in [0.4, 0.5) is 10.5 Å². The van der Waals surface area contributed by atoms with Gasteiger partial charge in [-0.25, -0.2) is 9.69 Å². The molecule has 5 atom stereocenters. The normalized spacial score (nSPS) is 24.0. The highest BCUT2D eigenvalue weighted by atomic mass is 16.7. The molecule has 276 valence electrons. The quantitative estimate of drug-likeness (QED) is 0.198. The number of nitrogens with zero attached hydrogens (tertiary/aromatic N) is 3.